The highest BCUT2D eigenvalue weighted by Crippen LogP contribution is 2.21. The lowest BCUT2D eigenvalue weighted by Crippen LogP contribution is -2.01. The van der Waals surface area contributed by atoms with Crippen molar-refractivity contribution in [3.63, 3.8) is 0 Å². The largest absolute Gasteiger partial charge is 0.330 e. The van der Waals surface area contributed by atoms with Crippen LogP contribution in [0.25, 0.3) is 0 Å². The van der Waals surface area contributed by atoms with E-state index in [2.05, 4.69) is 15.9 Å². The Balaban J connectivity index is 2.86. The summed E-state index contributed by atoms with van der Waals surface area (Å²) in [7, 11) is 0. The van der Waals surface area contributed by atoms with Crippen molar-refractivity contribution in [1.29, 1.82) is 0 Å². The summed E-state index contributed by atoms with van der Waals surface area (Å²) < 4.78 is 13.7. The maximum Gasteiger partial charge on any atom is 0.140 e. The number of halogens is 2. The number of aryl methyl sites for hydroxylation is 2. The fraction of sp³-hybridized carbons (Fsp3) is 0.400. The molecule has 0 bridgehead atoms. The molecule has 0 radical (unpaired) electrons. The minimum Gasteiger partial charge on any atom is -0.330 e. The molecule has 0 saturated heterocycles. The second-order valence-electron chi connectivity index (χ2n) is 3.10. The zero-order chi connectivity index (χ0) is 9.84. The molecule has 1 aromatic rings. The highest BCUT2D eigenvalue weighted by Gasteiger charge is 2.04. The second kappa shape index (κ2) is 4.72. The summed E-state index contributed by atoms with van der Waals surface area (Å²) in [4.78, 5) is 0. The zero-order valence-electron chi connectivity index (χ0n) is 7.61. The minimum atomic E-state index is -0.170. The maximum atomic E-state index is 13.2. The van der Waals surface area contributed by atoms with Crippen LogP contribution in [0.2, 0.25) is 0 Å². The third-order valence-electron chi connectivity index (χ3n) is 1.94. The van der Waals surface area contributed by atoms with Gasteiger partial charge in [0, 0.05) is 0 Å². The average molecular weight is 246 g/mol. The Kier molecular flexibility index (Phi) is 3.88. The minimum absolute atomic E-state index is 0.170. The lowest BCUT2D eigenvalue weighted by molar-refractivity contribution is 0.610. The molecule has 0 amide bonds. The van der Waals surface area contributed by atoms with Crippen molar-refractivity contribution in [2.75, 3.05) is 6.54 Å². The van der Waals surface area contributed by atoms with E-state index in [4.69, 9.17) is 5.73 Å². The molecule has 0 atom stereocenters. The molecule has 3 heteroatoms. The molecule has 2 N–H and O–H groups in total. The molecule has 0 fully saturated rings. The maximum absolute atomic E-state index is 13.2. The van der Waals surface area contributed by atoms with Gasteiger partial charge in [-0.3, -0.25) is 0 Å². The highest BCUT2D eigenvalue weighted by atomic mass is 79.9. The van der Waals surface area contributed by atoms with Crippen molar-refractivity contribution >= 4 is 15.9 Å². The monoisotopic (exact) mass is 245 g/mol. The van der Waals surface area contributed by atoms with Gasteiger partial charge in [-0.1, -0.05) is 6.07 Å². The summed E-state index contributed by atoms with van der Waals surface area (Å²) in [5, 5.41) is 0. The highest BCUT2D eigenvalue weighted by molar-refractivity contribution is 9.10. The van der Waals surface area contributed by atoms with E-state index in [1.807, 2.05) is 12.1 Å². The number of benzene rings is 1. The first-order valence-corrected chi connectivity index (χ1v) is 5.09. The van der Waals surface area contributed by atoms with Gasteiger partial charge in [0.15, 0.2) is 0 Å². The summed E-state index contributed by atoms with van der Waals surface area (Å²) in [6.45, 7) is 2.44. The lowest BCUT2D eigenvalue weighted by Gasteiger charge is -2.04. The van der Waals surface area contributed by atoms with Crippen molar-refractivity contribution in [3.05, 3.63) is 33.5 Å². The van der Waals surface area contributed by atoms with E-state index in [-0.39, 0.29) is 5.82 Å². The predicted octanol–water partition coefficient (Wildman–Crippen LogP) is 2.79. The van der Waals surface area contributed by atoms with Gasteiger partial charge in [0.05, 0.1) is 4.47 Å². The molecule has 72 valence electrons. The van der Waals surface area contributed by atoms with Crippen LogP contribution >= 0.6 is 15.9 Å². The topological polar surface area (TPSA) is 26.0 Å². The summed E-state index contributed by atoms with van der Waals surface area (Å²) in [5.41, 5.74) is 7.21. The molecular weight excluding hydrogens is 233 g/mol. The van der Waals surface area contributed by atoms with Crippen LogP contribution in [0.5, 0.6) is 0 Å². The Labute approximate surface area is 86.3 Å². The molecule has 0 heterocycles. The smallest absolute Gasteiger partial charge is 0.140 e. The number of hydrogen-bond donors (Lipinski definition) is 1. The van der Waals surface area contributed by atoms with Gasteiger partial charge >= 0.3 is 0 Å². The quantitative estimate of drug-likeness (QED) is 0.871. The number of hydrogen-bond acceptors (Lipinski definition) is 1. The predicted molar refractivity (Wildman–Crippen MR) is 56.2 cm³/mol. The van der Waals surface area contributed by atoms with E-state index in [9.17, 15) is 4.39 Å². The van der Waals surface area contributed by atoms with Crippen molar-refractivity contribution in [2.45, 2.75) is 19.8 Å². The first kappa shape index (κ1) is 10.7. The van der Waals surface area contributed by atoms with Crippen LogP contribution in [-0.2, 0) is 6.42 Å². The first-order valence-electron chi connectivity index (χ1n) is 4.29. The van der Waals surface area contributed by atoms with E-state index in [0.717, 1.165) is 18.4 Å². The van der Waals surface area contributed by atoms with Gasteiger partial charge in [0.2, 0.25) is 0 Å². The molecule has 1 nitrogen and oxygen atoms in total. The average Bonchev–Trinajstić information content (AvgIpc) is 2.10. The van der Waals surface area contributed by atoms with Crippen LogP contribution in [0.1, 0.15) is 17.5 Å². The lowest BCUT2D eigenvalue weighted by atomic mass is 10.1. The molecule has 1 aromatic carbocycles. The Morgan fingerprint density at radius 1 is 1.46 bits per heavy atom. The molecule has 13 heavy (non-hydrogen) atoms. The summed E-state index contributed by atoms with van der Waals surface area (Å²) >= 11 is 3.18. The third-order valence-corrected chi connectivity index (χ3v) is 2.52. The fourth-order valence-corrected chi connectivity index (χ4v) is 1.85. The number of rotatable bonds is 3. The molecule has 0 saturated carbocycles. The Hall–Kier alpha value is -0.410. The molecule has 0 aliphatic rings. The normalized spacial score (nSPS) is 10.5. The van der Waals surface area contributed by atoms with E-state index >= 15 is 0 Å². The van der Waals surface area contributed by atoms with E-state index in [1.165, 1.54) is 0 Å². The molecule has 1 rings (SSSR count). The molecular formula is C10H13BrFN. The summed E-state index contributed by atoms with van der Waals surface area (Å²) in [6, 6.07) is 3.69. The van der Waals surface area contributed by atoms with E-state index < -0.39 is 0 Å². The van der Waals surface area contributed by atoms with Crippen LogP contribution in [0.4, 0.5) is 4.39 Å². The van der Waals surface area contributed by atoms with E-state index in [1.54, 1.807) is 6.92 Å². The van der Waals surface area contributed by atoms with Crippen LogP contribution in [0.15, 0.2) is 16.6 Å². The molecule has 0 aliphatic carbocycles. The van der Waals surface area contributed by atoms with Gasteiger partial charge in [-0.2, -0.15) is 0 Å². The van der Waals surface area contributed by atoms with Crippen LogP contribution < -0.4 is 5.73 Å². The van der Waals surface area contributed by atoms with Gasteiger partial charge < -0.3 is 5.73 Å². The van der Waals surface area contributed by atoms with E-state index in [0.29, 0.717) is 16.6 Å². The van der Waals surface area contributed by atoms with Crippen LogP contribution in [-0.4, -0.2) is 6.54 Å². The standard InChI is InChI=1S/C10H13BrFN/c1-7-5-8(3-2-4-13)6-9(11)10(7)12/h5-6H,2-4,13H2,1H3. The molecule has 0 spiro atoms. The number of nitrogens with two attached hydrogens (primary N) is 1. The van der Waals surface area contributed by atoms with Gasteiger partial charge in [0.1, 0.15) is 5.82 Å². The van der Waals surface area contributed by atoms with Gasteiger partial charge in [0.25, 0.3) is 0 Å². The van der Waals surface area contributed by atoms with Crippen molar-refractivity contribution in [1.82, 2.24) is 0 Å². The third kappa shape index (κ3) is 2.78. The van der Waals surface area contributed by atoms with Gasteiger partial charge in [-0.05, 0) is 59.4 Å². The first-order chi connectivity index (χ1) is 6.15. The van der Waals surface area contributed by atoms with Gasteiger partial charge in [-0.15, -0.1) is 0 Å². The SMILES string of the molecule is Cc1cc(CCCN)cc(Br)c1F. The van der Waals surface area contributed by atoms with Crippen LogP contribution in [0, 0.1) is 12.7 Å². The molecule has 0 aliphatic heterocycles. The van der Waals surface area contributed by atoms with Crippen molar-refractivity contribution in [3.8, 4) is 0 Å². The van der Waals surface area contributed by atoms with Crippen LogP contribution in [0.3, 0.4) is 0 Å². The fourth-order valence-electron chi connectivity index (χ4n) is 1.25. The zero-order valence-corrected chi connectivity index (χ0v) is 9.20. The summed E-state index contributed by atoms with van der Waals surface area (Å²) in [6.07, 6.45) is 1.85. The van der Waals surface area contributed by atoms with Gasteiger partial charge in [-0.25, -0.2) is 4.39 Å². The summed E-state index contributed by atoms with van der Waals surface area (Å²) in [5.74, 6) is -0.170. The molecule has 0 aromatic heterocycles. The Morgan fingerprint density at radius 3 is 2.69 bits per heavy atom. The Morgan fingerprint density at radius 2 is 2.15 bits per heavy atom. The van der Waals surface area contributed by atoms with Crippen molar-refractivity contribution in [2.24, 2.45) is 5.73 Å². The Bertz CT molecular complexity index is 276. The second-order valence-corrected chi connectivity index (χ2v) is 3.96. The van der Waals surface area contributed by atoms with Crippen molar-refractivity contribution < 1.29 is 4.39 Å². The molecule has 0 unspecified atom stereocenters.